The van der Waals surface area contributed by atoms with Crippen molar-refractivity contribution in [2.75, 3.05) is 26.3 Å². The molecule has 1 aromatic carbocycles. The summed E-state index contributed by atoms with van der Waals surface area (Å²) in [6.45, 7) is 3.35. The number of hydrogen-bond donors (Lipinski definition) is 0. The molecule has 21 heavy (non-hydrogen) atoms. The van der Waals surface area contributed by atoms with E-state index in [1.54, 1.807) is 0 Å². The molecule has 0 amide bonds. The summed E-state index contributed by atoms with van der Waals surface area (Å²) in [5, 5.41) is 0. The van der Waals surface area contributed by atoms with Crippen molar-refractivity contribution >= 4 is 0 Å². The van der Waals surface area contributed by atoms with Crippen LogP contribution in [0.4, 0.5) is 13.2 Å². The molecule has 1 aromatic rings. The van der Waals surface area contributed by atoms with Gasteiger partial charge < -0.3 is 4.74 Å². The van der Waals surface area contributed by atoms with Crippen LogP contribution in [0, 0.1) is 17.8 Å². The van der Waals surface area contributed by atoms with Gasteiger partial charge in [-0.3, -0.25) is 4.90 Å². The number of alkyl halides is 3. The van der Waals surface area contributed by atoms with Crippen LogP contribution < -0.4 is 0 Å². The van der Waals surface area contributed by atoms with Crippen LogP contribution in [0.5, 0.6) is 0 Å². The van der Waals surface area contributed by atoms with Gasteiger partial charge in [0.05, 0.1) is 19.6 Å². The smallest absolute Gasteiger partial charge is 0.381 e. The summed E-state index contributed by atoms with van der Waals surface area (Å²) in [7, 11) is 0. The van der Waals surface area contributed by atoms with Gasteiger partial charge in [-0.2, -0.15) is 13.2 Å². The number of benzene rings is 1. The number of likely N-dealkylation sites (tertiary alicyclic amines) is 1. The molecule has 0 spiro atoms. The van der Waals surface area contributed by atoms with E-state index in [-0.39, 0.29) is 6.61 Å². The average molecular weight is 299 g/mol. The van der Waals surface area contributed by atoms with Crippen LogP contribution in [0.25, 0.3) is 0 Å². The van der Waals surface area contributed by atoms with Crippen molar-refractivity contribution in [1.29, 1.82) is 0 Å². The topological polar surface area (TPSA) is 12.5 Å². The molecule has 3 rings (SSSR count). The molecule has 2 fully saturated rings. The maximum absolute atomic E-state index is 12.0. The monoisotopic (exact) mass is 299 g/mol. The summed E-state index contributed by atoms with van der Waals surface area (Å²) >= 11 is 0. The zero-order chi connectivity index (χ0) is 14.9. The van der Waals surface area contributed by atoms with E-state index in [1.807, 2.05) is 18.2 Å². The molecule has 2 aliphatic rings. The van der Waals surface area contributed by atoms with Gasteiger partial charge in [-0.05, 0) is 23.3 Å². The van der Waals surface area contributed by atoms with Gasteiger partial charge in [0.2, 0.25) is 0 Å². The first-order chi connectivity index (χ1) is 10.0. The molecule has 1 aliphatic heterocycles. The fourth-order valence-electron chi connectivity index (χ4n) is 3.36. The van der Waals surface area contributed by atoms with Crippen molar-refractivity contribution in [2.24, 2.45) is 17.8 Å². The minimum atomic E-state index is -4.11. The molecule has 0 N–H and O–H groups in total. The zero-order valence-corrected chi connectivity index (χ0v) is 11.9. The third kappa shape index (κ3) is 3.98. The van der Waals surface area contributed by atoms with Gasteiger partial charge in [-0.1, -0.05) is 30.3 Å². The average Bonchev–Trinajstić information content (AvgIpc) is 2.88. The third-order valence-electron chi connectivity index (χ3n) is 4.54. The molecule has 0 radical (unpaired) electrons. The van der Waals surface area contributed by atoms with Crippen molar-refractivity contribution in [2.45, 2.75) is 19.1 Å². The predicted octanol–water partition coefficient (Wildman–Crippen LogP) is 3.33. The fraction of sp³-hybridized carbons (Fsp3) is 0.625. The first kappa shape index (κ1) is 14.9. The molecule has 2 nitrogen and oxygen atoms in total. The van der Waals surface area contributed by atoms with Gasteiger partial charge in [0.25, 0.3) is 0 Å². The van der Waals surface area contributed by atoms with Gasteiger partial charge in [0.1, 0.15) is 0 Å². The maximum Gasteiger partial charge on any atom is 0.391 e. The quantitative estimate of drug-likeness (QED) is 0.747. The second-order valence-corrected chi connectivity index (χ2v) is 6.11. The van der Waals surface area contributed by atoms with Gasteiger partial charge in [0.15, 0.2) is 0 Å². The number of halogens is 3. The maximum atomic E-state index is 12.0. The van der Waals surface area contributed by atoms with Crippen molar-refractivity contribution in [3.8, 4) is 0 Å². The van der Waals surface area contributed by atoms with E-state index in [9.17, 15) is 13.2 Å². The summed E-state index contributed by atoms with van der Waals surface area (Å²) in [5.41, 5.74) is 1.32. The van der Waals surface area contributed by atoms with Crippen LogP contribution in [0.1, 0.15) is 12.0 Å². The van der Waals surface area contributed by atoms with Gasteiger partial charge in [0, 0.05) is 19.6 Å². The lowest BCUT2D eigenvalue weighted by atomic mass is 10.2. The Labute approximate surface area is 122 Å². The third-order valence-corrected chi connectivity index (χ3v) is 4.54. The summed E-state index contributed by atoms with van der Waals surface area (Å²) in [5.74, 6) is 1.73. The minimum absolute atomic E-state index is 0.201. The first-order valence-electron chi connectivity index (χ1n) is 7.44. The van der Waals surface area contributed by atoms with Crippen molar-refractivity contribution in [3.05, 3.63) is 35.9 Å². The molecule has 0 aromatic heterocycles. The molecule has 2 unspecified atom stereocenters. The second kappa shape index (κ2) is 5.97. The highest BCUT2D eigenvalue weighted by Crippen LogP contribution is 2.52. The number of rotatable bonds is 6. The summed E-state index contributed by atoms with van der Waals surface area (Å²) in [4.78, 5) is 2.43. The summed E-state index contributed by atoms with van der Waals surface area (Å²) in [6.07, 6.45) is -4.94. The van der Waals surface area contributed by atoms with E-state index in [0.29, 0.717) is 24.4 Å². The Kier molecular flexibility index (Phi) is 4.22. The Morgan fingerprint density at radius 1 is 1.10 bits per heavy atom. The van der Waals surface area contributed by atoms with E-state index in [2.05, 4.69) is 17.0 Å². The number of hydrogen-bond acceptors (Lipinski definition) is 2. The van der Waals surface area contributed by atoms with E-state index in [4.69, 9.17) is 4.74 Å². The highest BCUT2D eigenvalue weighted by Gasteiger charge is 2.55. The van der Waals surface area contributed by atoms with E-state index in [1.165, 1.54) is 5.56 Å². The summed E-state index contributed by atoms with van der Waals surface area (Å²) < 4.78 is 41.2. The van der Waals surface area contributed by atoms with Gasteiger partial charge >= 0.3 is 6.18 Å². The molecule has 1 heterocycles. The van der Waals surface area contributed by atoms with Crippen molar-refractivity contribution in [3.63, 3.8) is 0 Å². The number of piperidine rings is 1. The number of nitrogens with zero attached hydrogens (tertiary/aromatic N) is 1. The Morgan fingerprint density at radius 2 is 1.76 bits per heavy atom. The standard InChI is InChI=1S/C16H20F3NO/c17-16(18,19)6-7-21-11-15-13-9-20(10-14(13)15)8-12-4-2-1-3-5-12/h1-5,13-15H,6-11H2. The Balaban J connectivity index is 1.33. The normalized spacial score (nSPS) is 28.6. The molecular formula is C16H20F3NO. The van der Waals surface area contributed by atoms with Crippen LogP contribution in [-0.2, 0) is 11.3 Å². The van der Waals surface area contributed by atoms with Crippen LogP contribution in [0.15, 0.2) is 30.3 Å². The molecule has 2 atom stereocenters. The largest absolute Gasteiger partial charge is 0.391 e. The van der Waals surface area contributed by atoms with Crippen LogP contribution in [-0.4, -0.2) is 37.4 Å². The lowest BCUT2D eigenvalue weighted by molar-refractivity contribution is -0.145. The Hall–Kier alpha value is -1.07. The predicted molar refractivity (Wildman–Crippen MR) is 73.7 cm³/mol. The lowest BCUT2D eigenvalue weighted by Crippen LogP contribution is -2.25. The van der Waals surface area contributed by atoms with E-state index in [0.717, 1.165) is 19.6 Å². The number of ether oxygens (including phenoxy) is 1. The van der Waals surface area contributed by atoms with Gasteiger partial charge in [-0.15, -0.1) is 0 Å². The van der Waals surface area contributed by atoms with E-state index < -0.39 is 12.6 Å². The Morgan fingerprint density at radius 3 is 2.38 bits per heavy atom. The highest BCUT2D eigenvalue weighted by atomic mass is 19.4. The lowest BCUT2D eigenvalue weighted by Gasteiger charge is -2.19. The molecule has 116 valence electrons. The Bertz CT molecular complexity index is 450. The zero-order valence-electron chi connectivity index (χ0n) is 11.9. The van der Waals surface area contributed by atoms with Crippen molar-refractivity contribution < 1.29 is 17.9 Å². The molecule has 1 saturated carbocycles. The first-order valence-corrected chi connectivity index (χ1v) is 7.44. The van der Waals surface area contributed by atoms with Crippen LogP contribution in [0.3, 0.4) is 0 Å². The number of fused-ring (bicyclic) bond motifs is 1. The SMILES string of the molecule is FC(F)(F)CCOCC1C2CN(Cc3ccccc3)CC12. The molecule has 1 aliphatic carbocycles. The molecule has 5 heteroatoms. The van der Waals surface area contributed by atoms with Gasteiger partial charge in [-0.25, -0.2) is 0 Å². The minimum Gasteiger partial charge on any atom is -0.381 e. The molecule has 1 saturated heterocycles. The van der Waals surface area contributed by atoms with E-state index >= 15 is 0 Å². The van der Waals surface area contributed by atoms with Crippen molar-refractivity contribution in [1.82, 2.24) is 4.90 Å². The van der Waals surface area contributed by atoms with Crippen LogP contribution in [0.2, 0.25) is 0 Å². The fourth-order valence-corrected chi connectivity index (χ4v) is 3.36. The second-order valence-electron chi connectivity index (χ2n) is 6.11. The molecule has 0 bridgehead atoms. The van der Waals surface area contributed by atoms with Crippen LogP contribution >= 0.6 is 0 Å². The highest BCUT2D eigenvalue weighted by molar-refractivity contribution is 5.15. The molecular weight excluding hydrogens is 279 g/mol. The summed E-state index contributed by atoms with van der Waals surface area (Å²) in [6, 6.07) is 10.4.